The van der Waals surface area contributed by atoms with Crippen molar-refractivity contribution < 1.29 is 9.21 Å². The van der Waals surface area contributed by atoms with Gasteiger partial charge in [0.25, 0.3) is 0 Å². The zero-order chi connectivity index (χ0) is 17.1. The maximum atomic E-state index is 12.0. The van der Waals surface area contributed by atoms with Gasteiger partial charge < -0.3 is 8.98 Å². The Kier molecular flexibility index (Phi) is 5.31. The minimum Gasteiger partial charge on any atom is -0.446 e. The number of thioether (sulfide) groups is 1. The molecule has 0 radical (unpaired) electrons. The van der Waals surface area contributed by atoms with Gasteiger partial charge in [-0.15, -0.1) is 20.4 Å². The summed E-state index contributed by atoms with van der Waals surface area (Å²) in [5.74, 6) is 1.24. The fourth-order valence-corrected chi connectivity index (χ4v) is 3.54. The molecule has 0 saturated heterocycles. The Morgan fingerprint density at radius 1 is 1.38 bits per heavy atom. The minimum absolute atomic E-state index is 0.163. The molecule has 126 valence electrons. The summed E-state index contributed by atoms with van der Waals surface area (Å²) in [5.41, 5.74) is 0. The first-order valence-corrected chi connectivity index (χ1v) is 9.56. The summed E-state index contributed by atoms with van der Waals surface area (Å²) >= 11 is 5.92. The van der Waals surface area contributed by atoms with Crippen LogP contribution in [-0.2, 0) is 18.3 Å². The van der Waals surface area contributed by atoms with Crippen LogP contribution in [0.25, 0.3) is 11.6 Å². The summed E-state index contributed by atoms with van der Waals surface area (Å²) in [4.78, 5) is 12.0. The number of anilines is 1. The maximum Gasteiger partial charge on any atom is 0.236 e. The van der Waals surface area contributed by atoms with Crippen molar-refractivity contribution in [3.05, 3.63) is 21.8 Å². The fourth-order valence-electron chi connectivity index (χ4n) is 1.82. The highest BCUT2D eigenvalue weighted by Gasteiger charge is 2.16. The lowest BCUT2D eigenvalue weighted by molar-refractivity contribution is -0.113. The predicted octanol–water partition coefficient (Wildman–Crippen LogP) is 2.98. The number of nitrogens with zero attached hydrogens (tertiary/aromatic N) is 5. The number of aromatic nitrogens is 5. The molecule has 0 atom stereocenters. The summed E-state index contributed by atoms with van der Waals surface area (Å²) in [6.45, 7) is 1.99. The Balaban J connectivity index is 1.60. The number of aryl methyl sites for hydroxylation is 1. The summed E-state index contributed by atoms with van der Waals surface area (Å²) in [7, 11) is 1.82. The van der Waals surface area contributed by atoms with Crippen LogP contribution in [0.3, 0.4) is 0 Å². The number of rotatable bonds is 6. The summed E-state index contributed by atoms with van der Waals surface area (Å²) < 4.78 is 7.88. The van der Waals surface area contributed by atoms with E-state index in [0.717, 1.165) is 11.4 Å². The van der Waals surface area contributed by atoms with Crippen LogP contribution in [0.5, 0.6) is 0 Å². The van der Waals surface area contributed by atoms with Gasteiger partial charge in [0.05, 0.1) is 5.75 Å². The largest absolute Gasteiger partial charge is 0.446 e. The molecule has 3 aromatic heterocycles. The molecule has 0 aliphatic rings. The lowest BCUT2D eigenvalue weighted by atomic mass is 10.4. The average Bonchev–Trinajstić information content (AvgIpc) is 3.26. The molecule has 1 N–H and O–H groups in total. The van der Waals surface area contributed by atoms with Gasteiger partial charge in [-0.3, -0.25) is 10.1 Å². The highest BCUT2D eigenvalue weighted by Crippen LogP contribution is 2.26. The Morgan fingerprint density at radius 2 is 2.21 bits per heavy atom. The first-order chi connectivity index (χ1) is 11.6. The maximum absolute atomic E-state index is 12.0. The van der Waals surface area contributed by atoms with E-state index in [2.05, 4.69) is 41.6 Å². The summed E-state index contributed by atoms with van der Waals surface area (Å²) in [5, 5.41) is 20.8. The Bertz CT molecular complexity index is 858. The van der Waals surface area contributed by atoms with Gasteiger partial charge in [0.2, 0.25) is 11.0 Å². The first kappa shape index (κ1) is 17.1. The van der Waals surface area contributed by atoms with Crippen LogP contribution in [0.15, 0.2) is 26.4 Å². The smallest absolute Gasteiger partial charge is 0.236 e. The molecular weight excluding hydrogens is 416 g/mol. The van der Waals surface area contributed by atoms with E-state index in [0.29, 0.717) is 26.5 Å². The van der Waals surface area contributed by atoms with Gasteiger partial charge in [0.15, 0.2) is 21.4 Å². The zero-order valence-electron chi connectivity index (χ0n) is 12.8. The van der Waals surface area contributed by atoms with Crippen molar-refractivity contribution in [2.24, 2.45) is 7.05 Å². The van der Waals surface area contributed by atoms with Crippen molar-refractivity contribution in [1.82, 2.24) is 25.0 Å². The second kappa shape index (κ2) is 7.45. The third-order valence-corrected chi connectivity index (χ3v) is 5.41. The SMILES string of the molecule is CCc1nnc(NC(=O)CSc2nnc(-c3ccc(Br)o3)n2C)s1. The number of halogens is 1. The van der Waals surface area contributed by atoms with Crippen molar-refractivity contribution in [2.45, 2.75) is 18.5 Å². The van der Waals surface area contributed by atoms with E-state index in [-0.39, 0.29) is 11.7 Å². The van der Waals surface area contributed by atoms with E-state index in [9.17, 15) is 4.79 Å². The molecule has 8 nitrogen and oxygen atoms in total. The lowest BCUT2D eigenvalue weighted by Gasteiger charge is -2.02. The van der Waals surface area contributed by atoms with Crippen molar-refractivity contribution in [3.8, 4) is 11.6 Å². The van der Waals surface area contributed by atoms with Crippen LogP contribution < -0.4 is 5.32 Å². The van der Waals surface area contributed by atoms with Crippen LogP contribution in [0.2, 0.25) is 0 Å². The van der Waals surface area contributed by atoms with Crippen LogP contribution >= 0.6 is 39.0 Å². The molecule has 1 amide bonds. The zero-order valence-corrected chi connectivity index (χ0v) is 16.0. The van der Waals surface area contributed by atoms with Crippen molar-refractivity contribution in [3.63, 3.8) is 0 Å². The van der Waals surface area contributed by atoms with E-state index in [1.165, 1.54) is 23.1 Å². The number of nitrogens with one attached hydrogen (secondary N) is 1. The molecule has 3 aromatic rings. The van der Waals surface area contributed by atoms with Crippen molar-refractivity contribution in [2.75, 3.05) is 11.1 Å². The molecule has 3 heterocycles. The highest BCUT2D eigenvalue weighted by atomic mass is 79.9. The van der Waals surface area contributed by atoms with Gasteiger partial charge in [-0.25, -0.2) is 0 Å². The average molecular weight is 429 g/mol. The monoisotopic (exact) mass is 428 g/mol. The second-order valence-electron chi connectivity index (χ2n) is 4.66. The summed E-state index contributed by atoms with van der Waals surface area (Å²) in [6.07, 6.45) is 0.799. The molecule has 3 rings (SSSR count). The lowest BCUT2D eigenvalue weighted by Crippen LogP contribution is -2.14. The van der Waals surface area contributed by atoms with Crippen molar-refractivity contribution in [1.29, 1.82) is 0 Å². The predicted molar refractivity (Wildman–Crippen MR) is 95.0 cm³/mol. The fraction of sp³-hybridized carbons (Fsp3) is 0.308. The minimum atomic E-state index is -0.163. The third kappa shape index (κ3) is 3.84. The normalized spacial score (nSPS) is 11.0. The van der Waals surface area contributed by atoms with Crippen LogP contribution in [0.4, 0.5) is 5.13 Å². The standard InChI is InChI=1S/C13H13BrN6O2S2/c1-3-10-16-18-12(24-10)15-9(21)6-23-13-19-17-11(20(13)2)7-4-5-8(14)22-7/h4-5H,3,6H2,1-2H3,(H,15,18,21). The van der Waals surface area contributed by atoms with Crippen molar-refractivity contribution >= 4 is 50.1 Å². The second-order valence-corrected chi connectivity index (χ2v) is 7.45. The van der Waals surface area contributed by atoms with Gasteiger partial charge in [-0.2, -0.15) is 0 Å². The van der Waals surface area contributed by atoms with Gasteiger partial charge >= 0.3 is 0 Å². The molecule has 0 saturated carbocycles. The van der Waals surface area contributed by atoms with E-state index in [1.54, 1.807) is 16.7 Å². The van der Waals surface area contributed by atoms with Gasteiger partial charge in [0.1, 0.15) is 5.01 Å². The quantitative estimate of drug-likeness (QED) is 0.602. The molecule has 0 bridgehead atoms. The highest BCUT2D eigenvalue weighted by molar-refractivity contribution is 9.10. The number of furan rings is 1. The molecule has 11 heteroatoms. The number of hydrogen-bond donors (Lipinski definition) is 1. The first-order valence-electron chi connectivity index (χ1n) is 6.97. The molecule has 0 aliphatic heterocycles. The number of hydrogen-bond acceptors (Lipinski definition) is 8. The Labute approximate surface area is 154 Å². The van der Waals surface area contributed by atoms with Gasteiger partial charge in [-0.05, 0) is 34.5 Å². The molecule has 0 fully saturated rings. The molecule has 0 aromatic carbocycles. The Hall–Kier alpha value is -1.72. The van der Waals surface area contributed by atoms with Crippen LogP contribution in [-0.4, -0.2) is 36.6 Å². The van der Waals surface area contributed by atoms with Crippen LogP contribution in [0.1, 0.15) is 11.9 Å². The third-order valence-electron chi connectivity index (χ3n) is 2.98. The molecule has 24 heavy (non-hydrogen) atoms. The molecule has 0 spiro atoms. The van der Waals surface area contributed by atoms with Gasteiger partial charge in [-0.1, -0.05) is 30.0 Å². The summed E-state index contributed by atoms with van der Waals surface area (Å²) in [6, 6.07) is 3.59. The topological polar surface area (TPSA) is 98.7 Å². The van der Waals surface area contributed by atoms with E-state index in [1.807, 2.05) is 14.0 Å². The number of amides is 1. The number of carbonyl (C=O) groups is 1. The Morgan fingerprint density at radius 3 is 2.88 bits per heavy atom. The van der Waals surface area contributed by atoms with E-state index >= 15 is 0 Å². The molecular formula is C13H13BrN6O2S2. The van der Waals surface area contributed by atoms with E-state index < -0.39 is 0 Å². The van der Waals surface area contributed by atoms with E-state index in [4.69, 9.17) is 4.42 Å². The molecule has 0 unspecified atom stereocenters. The van der Waals surface area contributed by atoms with Gasteiger partial charge in [0, 0.05) is 7.05 Å². The number of carbonyl (C=O) groups excluding carboxylic acids is 1. The van der Waals surface area contributed by atoms with Crippen LogP contribution in [0, 0.1) is 0 Å². The molecule has 0 aliphatic carbocycles.